The highest BCUT2D eigenvalue weighted by Gasteiger charge is 2.15. The maximum Gasteiger partial charge on any atom is 0.303 e. The summed E-state index contributed by atoms with van der Waals surface area (Å²) in [5, 5.41) is 10.5. The highest BCUT2D eigenvalue weighted by Crippen LogP contribution is 2.07. The number of hydrogen-bond acceptors (Lipinski definition) is 3. The molecule has 1 saturated heterocycles. The maximum atomic E-state index is 10.1. The summed E-state index contributed by atoms with van der Waals surface area (Å²) in [6.45, 7) is 2.20. The van der Waals surface area contributed by atoms with Crippen molar-refractivity contribution >= 4 is 17.8 Å². The lowest BCUT2D eigenvalue weighted by molar-refractivity contribution is -0.137. The van der Waals surface area contributed by atoms with Crippen molar-refractivity contribution in [2.45, 2.75) is 71.1 Å². The minimum absolute atomic E-state index is 0.148. The van der Waals surface area contributed by atoms with Gasteiger partial charge in [0.15, 0.2) is 0 Å². The van der Waals surface area contributed by atoms with E-state index in [4.69, 9.17) is 5.11 Å². The molecule has 19 heavy (non-hydrogen) atoms. The third-order valence-electron chi connectivity index (χ3n) is 2.85. The Balaban J connectivity index is 0.000000388. The number of carboxylic acid groups (broad SMARTS) is 1. The molecule has 0 saturated carbocycles. The number of carboxylic acids is 1. The van der Waals surface area contributed by atoms with Crippen molar-refractivity contribution in [1.82, 2.24) is 5.32 Å². The van der Waals surface area contributed by atoms with Gasteiger partial charge in [-0.05, 0) is 6.42 Å². The Morgan fingerprint density at radius 2 is 1.47 bits per heavy atom. The molecule has 5 nitrogen and oxygen atoms in total. The molecule has 2 N–H and O–H groups in total. The molecule has 0 atom stereocenters. The smallest absolute Gasteiger partial charge is 0.303 e. The third-order valence-corrected chi connectivity index (χ3v) is 2.85. The lowest BCUT2D eigenvalue weighted by Gasteiger charge is -1.98. The molecule has 2 amide bonds. The van der Waals surface area contributed by atoms with Crippen LogP contribution in [0.2, 0.25) is 0 Å². The van der Waals surface area contributed by atoms with E-state index in [9.17, 15) is 14.4 Å². The van der Waals surface area contributed by atoms with Crippen LogP contribution >= 0.6 is 0 Å². The summed E-state index contributed by atoms with van der Waals surface area (Å²) in [6.07, 6.45) is 9.39. The molecule has 5 heteroatoms. The largest absolute Gasteiger partial charge is 0.481 e. The third kappa shape index (κ3) is 12.9. The molecule has 0 bridgehead atoms. The lowest BCUT2D eigenvalue weighted by Crippen LogP contribution is -2.18. The molecular weight excluding hydrogens is 246 g/mol. The molecule has 1 heterocycles. The van der Waals surface area contributed by atoms with E-state index >= 15 is 0 Å². The monoisotopic (exact) mass is 271 g/mol. The highest BCUT2D eigenvalue weighted by atomic mass is 16.4. The molecule has 0 unspecified atom stereocenters. The van der Waals surface area contributed by atoms with Gasteiger partial charge in [-0.15, -0.1) is 0 Å². The van der Waals surface area contributed by atoms with Crippen LogP contribution in [0.25, 0.3) is 0 Å². The Morgan fingerprint density at radius 1 is 1.00 bits per heavy atom. The molecule has 1 aliphatic rings. The predicted molar refractivity (Wildman–Crippen MR) is 72.6 cm³/mol. The summed E-state index contributed by atoms with van der Waals surface area (Å²) < 4.78 is 0. The number of unbranched alkanes of at least 4 members (excludes halogenated alkanes) is 6. The van der Waals surface area contributed by atoms with Gasteiger partial charge in [0.05, 0.1) is 0 Å². The summed E-state index contributed by atoms with van der Waals surface area (Å²) >= 11 is 0. The molecule has 0 spiro atoms. The van der Waals surface area contributed by atoms with Crippen molar-refractivity contribution in [3.63, 3.8) is 0 Å². The van der Waals surface area contributed by atoms with Crippen LogP contribution in [0.5, 0.6) is 0 Å². The quantitative estimate of drug-likeness (QED) is 0.525. The predicted octanol–water partition coefficient (Wildman–Crippen LogP) is 2.63. The maximum absolute atomic E-state index is 10.1. The molecule has 0 aliphatic carbocycles. The Morgan fingerprint density at radius 3 is 1.84 bits per heavy atom. The highest BCUT2D eigenvalue weighted by molar-refractivity contribution is 6.01. The number of nitrogens with one attached hydrogen (secondary N) is 1. The first-order valence-electron chi connectivity index (χ1n) is 7.10. The van der Waals surface area contributed by atoms with Gasteiger partial charge in [-0.2, -0.15) is 0 Å². The number of aliphatic carboxylic acids is 1. The van der Waals surface area contributed by atoms with Crippen molar-refractivity contribution < 1.29 is 19.5 Å². The minimum atomic E-state index is -0.663. The average Bonchev–Trinajstić information content (AvgIpc) is 2.72. The van der Waals surface area contributed by atoms with Crippen LogP contribution in [-0.2, 0) is 14.4 Å². The molecule has 1 rings (SSSR count). The summed E-state index contributed by atoms with van der Waals surface area (Å²) in [7, 11) is 0. The number of carbonyl (C=O) groups excluding carboxylic acids is 2. The van der Waals surface area contributed by atoms with E-state index in [1.54, 1.807) is 0 Å². The Bertz CT molecular complexity index is 275. The second-order valence-electron chi connectivity index (χ2n) is 4.74. The van der Waals surface area contributed by atoms with Gasteiger partial charge in [0.2, 0.25) is 11.8 Å². The van der Waals surface area contributed by atoms with Crippen molar-refractivity contribution in [3.05, 3.63) is 0 Å². The molecule has 0 aromatic carbocycles. The van der Waals surface area contributed by atoms with E-state index in [-0.39, 0.29) is 11.8 Å². The van der Waals surface area contributed by atoms with Gasteiger partial charge >= 0.3 is 5.97 Å². The Kier molecular flexibility index (Phi) is 10.8. The summed E-state index contributed by atoms with van der Waals surface area (Å²) in [5.41, 5.74) is 0. The van der Waals surface area contributed by atoms with Crippen LogP contribution in [0, 0.1) is 0 Å². The lowest BCUT2D eigenvalue weighted by atomic mass is 10.1. The molecule has 0 aromatic rings. The first-order valence-corrected chi connectivity index (χ1v) is 7.10. The van der Waals surface area contributed by atoms with E-state index < -0.39 is 5.97 Å². The topological polar surface area (TPSA) is 83.5 Å². The number of rotatable bonds is 8. The zero-order valence-corrected chi connectivity index (χ0v) is 11.7. The van der Waals surface area contributed by atoms with Crippen LogP contribution in [0.1, 0.15) is 71.1 Å². The fraction of sp³-hybridized carbons (Fsp3) is 0.786. The van der Waals surface area contributed by atoms with Gasteiger partial charge in [-0.25, -0.2) is 0 Å². The number of carbonyl (C=O) groups is 3. The fourth-order valence-electron chi connectivity index (χ4n) is 1.74. The van der Waals surface area contributed by atoms with Gasteiger partial charge in [-0.1, -0.05) is 45.4 Å². The van der Waals surface area contributed by atoms with Crippen LogP contribution < -0.4 is 5.32 Å². The van der Waals surface area contributed by atoms with Gasteiger partial charge in [0.1, 0.15) is 0 Å². The van der Waals surface area contributed by atoms with Crippen molar-refractivity contribution in [3.8, 4) is 0 Å². The van der Waals surface area contributed by atoms with Crippen molar-refractivity contribution in [1.29, 1.82) is 0 Å². The van der Waals surface area contributed by atoms with Crippen LogP contribution in [0.3, 0.4) is 0 Å². The summed E-state index contributed by atoms with van der Waals surface area (Å²) in [6, 6.07) is 0. The Hall–Kier alpha value is -1.39. The van der Waals surface area contributed by atoms with Crippen LogP contribution in [-0.4, -0.2) is 22.9 Å². The molecule has 1 aliphatic heterocycles. The average molecular weight is 271 g/mol. The van der Waals surface area contributed by atoms with E-state index in [1.165, 1.54) is 32.1 Å². The zero-order valence-electron chi connectivity index (χ0n) is 11.7. The Labute approximate surface area is 114 Å². The van der Waals surface area contributed by atoms with Crippen molar-refractivity contribution in [2.24, 2.45) is 0 Å². The first-order chi connectivity index (χ1) is 9.06. The second-order valence-corrected chi connectivity index (χ2v) is 4.74. The van der Waals surface area contributed by atoms with E-state index in [1.807, 2.05) is 0 Å². The number of amides is 2. The van der Waals surface area contributed by atoms with Crippen molar-refractivity contribution in [2.75, 3.05) is 0 Å². The van der Waals surface area contributed by atoms with Gasteiger partial charge in [0.25, 0.3) is 0 Å². The molecule has 110 valence electrons. The zero-order chi connectivity index (χ0) is 14.5. The standard InChI is InChI=1S/C10H20O2.C4H5NO2/c1-2-3-4-5-6-7-8-9-10(11)12;6-3-1-2-4(7)5-3/h2-9H2,1H3,(H,11,12);1-2H2,(H,5,6,7). The van der Waals surface area contributed by atoms with E-state index in [2.05, 4.69) is 12.2 Å². The molecular formula is C14H25NO4. The van der Waals surface area contributed by atoms with Gasteiger partial charge in [0, 0.05) is 19.3 Å². The SMILES string of the molecule is CCCCCCCCCC(=O)O.O=C1CCC(=O)N1. The molecule has 0 aromatic heterocycles. The number of hydrogen-bond donors (Lipinski definition) is 2. The second kappa shape index (κ2) is 11.7. The fourth-order valence-corrected chi connectivity index (χ4v) is 1.74. The number of imide groups is 1. The van der Waals surface area contributed by atoms with Gasteiger partial charge < -0.3 is 5.11 Å². The molecule has 1 fully saturated rings. The van der Waals surface area contributed by atoms with Gasteiger partial charge in [-0.3, -0.25) is 19.7 Å². The summed E-state index contributed by atoms with van der Waals surface area (Å²) in [4.78, 5) is 30.4. The van der Waals surface area contributed by atoms with Crippen LogP contribution in [0.4, 0.5) is 0 Å². The van der Waals surface area contributed by atoms with E-state index in [0.29, 0.717) is 19.3 Å². The molecule has 0 radical (unpaired) electrons. The first kappa shape index (κ1) is 17.6. The summed E-state index contributed by atoms with van der Waals surface area (Å²) in [5.74, 6) is -0.960. The van der Waals surface area contributed by atoms with Crippen LogP contribution in [0.15, 0.2) is 0 Å². The normalized spacial score (nSPS) is 13.7. The van der Waals surface area contributed by atoms with E-state index in [0.717, 1.165) is 12.8 Å². The minimum Gasteiger partial charge on any atom is -0.481 e.